The van der Waals surface area contributed by atoms with Crippen LogP contribution in [0.5, 0.6) is 0 Å². The maximum atomic E-state index is 10.2. The second kappa shape index (κ2) is 7.36. The van der Waals surface area contributed by atoms with Crippen molar-refractivity contribution in [3.05, 3.63) is 60.2 Å². The summed E-state index contributed by atoms with van der Waals surface area (Å²) in [7, 11) is 0. The van der Waals surface area contributed by atoms with Gasteiger partial charge < -0.3 is 10.1 Å². The maximum Gasteiger partial charge on any atom is 0.0384 e. The minimum atomic E-state index is 0. The van der Waals surface area contributed by atoms with E-state index in [1.807, 2.05) is 60.9 Å². The molecule has 0 aromatic heterocycles. The molecule has 2 aromatic rings. The van der Waals surface area contributed by atoms with E-state index >= 15 is 0 Å². The van der Waals surface area contributed by atoms with Crippen LogP contribution >= 0.6 is 0 Å². The van der Waals surface area contributed by atoms with Gasteiger partial charge in [-0.15, -0.1) is 6.42 Å². The van der Waals surface area contributed by atoms with E-state index in [-0.39, 0.29) is 32.7 Å². The molecule has 0 atom stereocenters. The zero-order chi connectivity index (χ0) is 11.2. The predicted octanol–water partition coefficient (Wildman–Crippen LogP) is 3.08. The zero-order valence-electron chi connectivity index (χ0n) is 9.39. The van der Waals surface area contributed by atoms with E-state index in [0.717, 1.165) is 16.9 Å². The molecule has 0 aliphatic carbocycles. The van der Waals surface area contributed by atoms with E-state index in [1.54, 1.807) is 0 Å². The minimum absolute atomic E-state index is 0. The number of nitrogens with one attached hydrogen (secondary N) is 1. The van der Waals surface area contributed by atoms with Gasteiger partial charge >= 0.3 is 0 Å². The first-order valence-electron chi connectivity index (χ1n) is 5.14. The monoisotopic (exact) mass is 299 g/mol. The molecule has 3 heteroatoms. The van der Waals surface area contributed by atoms with Crippen LogP contribution in [0.2, 0.25) is 0 Å². The minimum Gasteiger partial charge on any atom is -0.541 e. The van der Waals surface area contributed by atoms with Crippen molar-refractivity contribution in [2.45, 2.75) is 6.42 Å². The summed E-state index contributed by atoms with van der Waals surface area (Å²) in [6.07, 6.45) is 2.24. The second-order valence-electron chi connectivity index (χ2n) is 3.51. The SMILES string of the molecule is O=[C-]Cc1ccc(Nc2ccccc2)cc1.[Y]. The molecule has 2 nitrogen and oxygen atoms in total. The molecule has 0 saturated heterocycles. The molecule has 17 heavy (non-hydrogen) atoms. The summed E-state index contributed by atoms with van der Waals surface area (Å²) in [6.45, 7) is 0. The molecule has 0 fully saturated rings. The number of rotatable bonds is 4. The number of hydrogen-bond acceptors (Lipinski definition) is 2. The summed E-state index contributed by atoms with van der Waals surface area (Å²) in [6, 6.07) is 17.7. The molecule has 1 N–H and O–H groups in total. The Morgan fingerprint density at radius 1 is 0.882 bits per heavy atom. The summed E-state index contributed by atoms with van der Waals surface area (Å²) in [5, 5.41) is 3.27. The van der Waals surface area contributed by atoms with E-state index in [1.165, 1.54) is 0 Å². The average Bonchev–Trinajstić information content (AvgIpc) is 2.33. The average molecular weight is 299 g/mol. The van der Waals surface area contributed by atoms with Crippen LogP contribution in [0.1, 0.15) is 5.56 Å². The summed E-state index contributed by atoms with van der Waals surface area (Å²) < 4.78 is 0. The normalized spacial score (nSPS) is 9.18. The first kappa shape index (κ1) is 14.1. The Bertz CT molecular complexity index is 453. The van der Waals surface area contributed by atoms with Gasteiger partial charge in [-0.3, -0.25) is 6.29 Å². The van der Waals surface area contributed by atoms with Gasteiger partial charge in [0.2, 0.25) is 0 Å². The molecular formula is C14H12NOY-. The summed E-state index contributed by atoms with van der Waals surface area (Å²) in [5.41, 5.74) is 3.05. The van der Waals surface area contributed by atoms with Crippen molar-refractivity contribution in [3.8, 4) is 0 Å². The Kier molecular flexibility index (Phi) is 6.10. The molecule has 0 aliphatic rings. The Morgan fingerprint density at radius 3 is 2.06 bits per heavy atom. The van der Waals surface area contributed by atoms with Gasteiger partial charge in [0.25, 0.3) is 0 Å². The van der Waals surface area contributed by atoms with Crippen LogP contribution in [-0.2, 0) is 43.9 Å². The van der Waals surface area contributed by atoms with E-state index in [9.17, 15) is 4.79 Å². The third-order valence-electron chi connectivity index (χ3n) is 2.29. The van der Waals surface area contributed by atoms with Crippen LogP contribution < -0.4 is 5.32 Å². The van der Waals surface area contributed by atoms with E-state index < -0.39 is 0 Å². The Morgan fingerprint density at radius 2 is 1.47 bits per heavy atom. The first-order chi connectivity index (χ1) is 7.88. The molecular weight excluding hydrogens is 287 g/mol. The van der Waals surface area contributed by atoms with Crippen LogP contribution in [0, 0.1) is 0 Å². The third kappa shape index (κ3) is 4.41. The van der Waals surface area contributed by atoms with Crippen LogP contribution in [0.25, 0.3) is 0 Å². The van der Waals surface area contributed by atoms with Gasteiger partial charge in [0.05, 0.1) is 0 Å². The molecule has 83 valence electrons. The summed E-state index contributed by atoms with van der Waals surface area (Å²) in [4.78, 5) is 10.2. The number of para-hydroxylation sites is 1. The zero-order valence-corrected chi connectivity index (χ0v) is 12.2. The number of benzene rings is 2. The van der Waals surface area contributed by atoms with Crippen LogP contribution in [-0.4, -0.2) is 6.29 Å². The van der Waals surface area contributed by atoms with E-state index in [0.29, 0.717) is 6.42 Å². The van der Waals surface area contributed by atoms with Gasteiger partial charge in [0, 0.05) is 44.1 Å². The molecule has 0 aliphatic heterocycles. The maximum absolute atomic E-state index is 10.2. The molecule has 0 amide bonds. The molecule has 0 saturated carbocycles. The molecule has 0 bridgehead atoms. The largest absolute Gasteiger partial charge is 0.541 e. The Hall–Kier alpha value is -0.986. The molecule has 1 radical (unpaired) electrons. The van der Waals surface area contributed by atoms with E-state index in [2.05, 4.69) is 5.32 Å². The number of hydrogen-bond donors (Lipinski definition) is 1. The first-order valence-corrected chi connectivity index (χ1v) is 5.14. The summed E-state index contributed by atoms with van der Waals surface area (Å²) >= 11 is 0. The van der Waals surface area contributed by atoms with Gasteiger partial charge in [-0.2, -0.15) is 0 Å². The van der Waals surface area contributed by atoms with Crippen LogP contribution in [0.4, 0.5) is 11.4 Å². The van der Waals surface area contributed by atoms with Crippen LogP contribution in [0.15, 0.2) is 54.6 Å². The van der Waals surface area contributed by atoms with E-state index in [4.69, 9.17) is 0 Å². The van der Waals surface area contributed by atoms with Gasteiger partial charge in [-0.25, -0.2) is 0 Å². The molecule has 2 aromatic carbocycles. The molecule has 2 rings (SSSR count). The quantitative estimate of drug-likeness (QED) is 0.879. The Labute approximate surface area is 126 Å². The fourth-order valence-electron chi connectivity index (χ4n) is 1.48. The van der Waals surface area contributed by atoms with Gasteiger partial charge in [0.15, 0.2) is 0 Å². The Balaban J connectivity index is 0.00000144. The van der Waals surface area contributed by atoms with Crippen molar-refractivity contribution in [3.63, 3.8) is 0 Å². The smallest absolute Gasteiger partial charge is 0.0384 e. The molecule has 0 unspecified atom stereocenters. The number of carbonyl (C=O) groups excluding carboxylic acids is 1. The second-order valence-corrected chi connectivity index (χ2v) is 3.51. The van der Waals surface area contributed by atoms with Crippen molar-refractivity contribution in [1.82, 2.24) is 0 Å². The van der Waals surface area contributed by atoms with Crippen molar-refractivity contribution in [2.75, 3.05) is 5.32 Å². The van der Waals surface area contributed by atoms with Crippen molar-refractivity contribution in [2.24, 2.45) is 0 Å². The van der Waals surface area contributed by atoms with Gasteiger partial charge in [-0.1, -0.05) is 35.9 Å². The van der Waals surface area contributed by atoms with Gasteiger partial charge in [-0.05, 0) is 24.3 Å². The van der Waals surface area contributed by atoms with Gasteiger partial charge in [0.1, 0.15) is 0 Å². The number of anilines is 2. The topological polar surface area (TPSA) is 29.1 Å². The standard InChI is InChI=1S/C14H12NO.Y/c16-11-10-12-6-8-14(9-7-12)15-13-4-2-1-3-5-13;/h1-9,15H,10H2;/q-1;. The molecule has 0 heterocycles. The fourth-order valence-corrected chi connectivity index (χ4v) is 1.48. The summed E-state index contributed by atoms with van der Waals surface area (Å²) in [5.74, 6) is 0. The fraction of sp³-hybridized carbons (Fsp3) is 0.0714. The van der Waals surface area contributed by atoms with Crippen molar-refractivity contribution in [1.29, 1.82) is 0 Å². The third-order valence-corrected chi connectivity index (χ3v) is 2.29. The van der Waals surface area contributed by atoms with Crippen molar-refractivity contribution >= 4 is 17.7 Å². The molecule has 0 spiro atoms. The van der Waals surface area contributed by atoms with Crippen LogP contribution in [0.3, 0.4) is 0 Å². The predicted molar refractivity (Wildman–Crippen MR) is 65.6 cm³/mol. The van der Waals surface area contributed by atoms with Crippen molar-refractivity contribution < 1.29 is 37.5 Å².